The summed E-state index contributed by atoms with van der Waals surface area (Å²) in [5.41, 5.74) is -0.286. The van der Waals surface area contributed by atoms with Crippen molar-refractivity contribution < 1.29 is 9.53 Å². The van der Waals surface area contributed by atoms with Crippen LogP contribution in [-0.2, 0) is 9.53 Å². The fourth-order valence-corrected chi connectivity index (χ4v) is 0.814. The van der Waals surface area contributed by atoms with Crippen molar-refractivity contribution in [3.8, 4) is 0 Å². The van der Waals surface area contributed by atoms with E-state index >= 15 is 0 Å². The van der Waals surface area contributed by atoms with Gasteiger partial charge in [0.05, 0.1) is 6.26 Å². The third-order valence-electron chi connectivity index (χ3n) is 1.24. The second kappa shape index (κ2) is 1.87. The van der Waals surface area contributed by atoms with Crippen molar-refractivity contribution in [2.45, 2.75) is 25.9 Å². The topological polar surface area (TPSA) is 26.3 Å². The van der Waals surface area contributed by atoms with Gasteiger partial charge in [0.15, 0.2) is 5.78 Å². The van der Waals surface area contributed by atoms with Gasteiger partial charge in [-0.1, -0.05) is 0 Å². The number of rotatable bonds is 0. The van der Waals surface area contributed by atoms with Gasteiger partial charge in [-0.2, -0.15) is 0 Å². The van der Waals surface area contributed by atoms with Crippen LogP contribution >= 0.6 is 0 Å². The molecule has 1 heterocycles. The summed E-state index contributed by atoms with van der Waals surface area (Å²) in [6.07, 6.45) is 3.42. The minimum absolute atomic E-state index is 0.145. The Kier molecular flexibility index (Phi) is 1.31. The average molecular weight is 126 g/mol. The minimum atomic E-state index is -0.286. The highest BCUT2D eigenvalue weighted by Crippen LogP contribution is 2.18. The van der Waals surface area contributed by atoms with Crippen LogP contribution < -0.4 is 0 Å². The van der Waals surface area contributed by atoms with Crippen molar-refractivity contribution in [2.75, 3.05) is 0 Å². The largest absolute Gasteiger partial charge is 0.495 e. The molecule has 0 saturated carbocycles. The lowest BCUT2D eigenvalue weighted by Gasteiger charge is -2.25. The molecule has 1 rings (SSSR count). The molecular formula is C7H10O2. The minimum Gasteiger partial charge on any atom is -0.495 e. The zero-order chi connectivity index (χ0) is 6.91. The maximum Gasteiger partial charge on any atom is 0.162 e. The Balaban J connectivity index is 2.68. The number of ketones is 1. The highest BCUT2D eigenvalue weighted by Gasteiger charge is 2.23. The van der Waals surface area contributed by atoms with Gasteiger partial charge < -0.3 is 4.74 Å². The third kappa shape index (κ3) is 1.56. The second-order valence-electron chi connectivity index (χ2n) is 2.82. The van der Waals surface area contributed by atoms with E-state index in [2.05, 4.69) is 0 Å². The van der Waals surface area contributed by atoms with Gasteiger partial charge in [-0.15, -0.1) is 0 Å². The van der Waals surface area contributed by atoms with E-state index in [1.54, 1.807) is 0 Å². The van der Waals surface area contributed by atoms with Crippen LogP contribution in [-0.4, -0.2) is 11.4 Å². The number of ether oxygens (including phenoxy) is 1. The fraction of sp³-hybridized carbons (Fsp3) is 0.571. The molecule has 0 atom stereocenters. The molecule has 1 aliphatic heterocycles. The quantitative estimate of drug-likeness (QED) is 0.488. The normalized spacial score (nSPS) is 23.6. The lowest BCUT2D eigenvalue weighted by molar-refractivity contribution is -0.120. The van der Waals surface area contributed by atoms with E-state index in [-0.39, 0.29) is 11.4 Å². The number of allylic oxidation sites excluding steroid dienone is 1. The molecule has 0 saturated heterocycles. The smallest absolute Gasteiger partial charge is 0.162 e. The highest BCUT2D eigenvalue weighted by molar-refractivity contribution is 5.90. The first kappa shape index (κ1) is 6.33. The monoisotopic (exact) mass is 126 g/mol. The van der Waals surface area contributed by atoms with Crippen LogP contribution in [0.25, 0.3) is 0 Å². The molecule has 0 aromatic heterocycles. The number of hydrogen-bond donors (Lipinski definition) is 0. The molecule has 2 nitrogen and oxygen atoms in total. The standard InChI is InChI=1S/C7H10O2/c1-7(2)5-6(8)3-4-9-7/h3-4H,5H2,1-2H3. The Hall–Kier alpha value is -0.790. The van der Waals surface area contributed by atoms with Crippen LogP contribution in [0.4, 0.5) is 0 Å². The number of hydrogen-bond acceptors (Lipinski definition) is 2. The van der Waals surface area contributed by atoms with Crippen LogP contribution in [0.1, 0.15) is 20.3 Å². The summed E-state index contributed by atoms with van der Waals surface area (Å²) in [7, 11) is 0. The molecule has 1 aliphatic rings. The molecule has 0 amide bonds. The van der Waals surface area contributed by atoms with E-state index in [0.717, 1.165) is 0 Å². The number of carbonyl (C=O) groups is 1. The van der Waals surface area contributed by atoms with E-state index in [9.17, 15) is 4.79 Å². The van der Waals surface area contributed by atoms with Crippen LogP contribution in [0, 0.1) is 0 Å². The summed E-state index contributed by atoms with van der Waals surface area (Å²) in [6, 6.07) is 0. The Labute approximate surface area is 54.5 Å². The molecule has 0 N–H and O–H groups in total. The van der Waals surface area contributed by atoms with Crippen LogP contribution in [0.15, 0.2) is 12.3 Å². The van der Waals surface area contributed by atoms with E-state index < -0.39 is 0 Å². The van der Waals surface area contributed by atoms with E-state index in [4.69, 9.17) is 4.74 Å². The summed E-state index contributed by atoms with van der Waals surface area (Å²) < 4.78 is 5.13. The third-order valence-corrected chi connectivity index (χ3v) is 1.24. The van der Waals surface area contributed by atoms with Gasteiger partial charge >= 0.3 is 0 Å². The number of carbonyl (C=O) groups excluding carboxylic acids is 1. The average Bonchev–Trinajstić information content (AvgIpc) is 1.60. The molecule has 2 heteroatoms. The molecule has 50 valence electrons. The van der Waals surface area contributed by atoms with Gasteiger partial charge in [0.1, 0.15) is 5.60 Å². The fourth-order valence-electron chi connectivity index (χ4n) is 0.814. The van der Waals surface area contributed by atoms with Crippen molar-refractivity contribution >= 4 is 5.78 Å². The molecule has 0 spiro atoms. The summed E-state index contributed by atoms with van der Waals surface area (Å²) in [4.78, 5) is 10.7. The van der Waals surface area contributed by atoms with Crippen LogP contribution in [0.5, 0.6) is 0 Å². The lowest BCUT2D eigenvalue weighted by atomic mass is 10.0. The first-order chi connectivity index (χ1) is 4.10. The summed E-state index contributed by atoms with van der Waals surface area (Å²) >= 11 is 0. The molecule has 0 aliphatic carbocycles. The Morgan fingerprint density at radius 2 is 2.33 bits per heavy atom. The van der Waals surface area contributed by atoms with Crippen molar-refractivity contribution in [1.82, 2.24) is 0 Å². The van der Waals surface area contributed by atoms with Gasteiger partial charge in [0.2, 0.25) is 0 Å². The highest BCUT2D eigenvalue weighted by atomic mass is 16.5. The first-order valence-electron chi connectivity index (χ1n) is 2.97. The Morgan fingerprint density at radius 1 is 1.67 bits per heavy atom. The maximum atomic E-state index is 10.7. The van der Waals surface area contributed by atoms with Crippen LogP contribution in [0.2, 0.25) is 0 Å². The Bertz CT molecular complexity index is 156. The van der Waals surface area contributed by atoms with Crippen molar-refractivity contribution in [2.24, 2.45) is 0 Å². The zero-order valence-corrected chi connectivity index (χ0v) is 5.68. The van der Waals surface area contributed by atoms with Crippen LogP contribution in [0.3, 0.4) is 0 Å². The zero-order valence-electron chi connectivity index (χ0n) is 5.68. The SMILES string of the molecule is CC1(C)CC(=O)C=CO1. The van der Waals surface area contributed by atoms with Crippen molar-refractivity contribution in [3.63, 3.8) is 0 Å². The lowest BCUT2D eigenvalue weighted by Crippen LogP contribution is -2.28. The molecular weight excluding hydrogens is 116 g/mol. The molecule has 0 radical (unpaired) electrons. The van der Waals surface area contributed by atoms with Gasteiger partial charge in [0.25, 0.3) is 0 Å². The van der Waals surface area contributed by atoms with E-state index in [0.29, 0.717) is 6.42 Å². The van der Waals surface area contributed by atoms with Gasteiger partial charge in [-0.05, 0) is 13.8 Å². The summed E-state index contributed by atoms with van der Waals surface area (Å²) in [5, 5.41) is 0. The van der Waals surface area contributed by atoms with Gasteiger partial charge in [0, 0.05) is 12.5 Å². The van der Waals surface area contributed by atoms with Gasteiger partial charge in [-0.3, -0.25) is 4.79 Å². The Morgan fingerprint density at radius 3 is 2.67 bits per heavy atom. The molecule has 0 bridgehead atoms. The van der Waals surface area contributed by atoms with E-state index in [1.807, 2.05) is 13.8 Å². The second-order valence-corrected chi connectivity index (χ2v) is 2.82. The van der Waals surface area contributed by atoms with Crippen molar-refractivity contribution in [1.29, 1.82) is 0 Å². The molecule has 9 heavy (non-hydrogen) atoms. The van der Waals surface area contributed by atoms with Gasteiger partial charge in [-0.25, -0.2) is 0 Å². The maximum absolute atomic E-state index is 10.7. The van der Waals surface area contributed by atoms with E-state index in [1.165, 1.54) is 12.3 Å². The predicted octanol–water partition coefficient (Wildman–Crippen LogP) is 1.27. The molecule has 0 fully saturated rings. The predicted molar refractivity (Wildman–Crippen MR) is 33.9 cm³/mol. The first-order valence-corrected chi connectivity index (χ1v) is 2.97. The van der Waals surface area contributed by atoms with Crippen molar-refractivity contribution in [3.05, 3.63) is 12.3 Å². The summed E-state index contributed by atoms with van der Waals surface area (Å²) in [5.74, 6) is 0.145. The molecule has 0 aromatic carbocycles. The molecule has 0 unspecified atom stereocenters. The summed E-state index contributed by atoms with van der Waals surface area (Å²) in [6.45, 7) is 3.79. The molecule has 0 aromatic rings.